The predicted octanol–water partition coefficient (Wildman–Crippen LogP) is 3.39. The molecule has 0 radical (unpaired) electrons. The molecule has 122 valence electrons. The number of thioether (sulfide) groups is 1. The van der Waals surface area contributed by atoms with E-state index in [0.29, 0.717) is 12.0 Å². The average Bonchev–Trinajstić information content (AvgIpc) is 2.54. The fraction of sp³-hybridized carbons (Fsp3) is 1.00. The summed E-state index contributed by atoms with van der Waals surface area (Å²) in [6.07, 6.45) is 10.3. The Morgan fingerprint density at radius 1 is 1.14 bits per heavy atom. The Morgan fingerprint density at radius 2 is 2.00 bits per heavy atom. The van der Waals surface area contributed by atoms with E-state index < -0.39 is 0 Å². The van der Waals surface area contributed by atoms with Crippen molar-refractivity contribution in [3.8, 4) is 0 Å². The molecule has 0 amide bonds. The highest BCUT2D eigenvalue weighted by Gasteiger charge is 2.40. The molecule has 3 fully saturated rings. The van der Waals surface area contributed by atoms with E-state index in [4.69, 9.17) is 9.47 Å². The van der Waals surface area contributed by atoms with Crippen LogP contribution in [0, 0.1) is 5.92 Å². The van der Waals surface area contributed by atoms with Gasteiger partial charge in [0.25, 0.3) is 0 Å². The molecule has 21 heavy (non-hydrogen) atoms. The van der Waals surface area contributed by atoms with Gasteiger partial charge in [-0.25, -0.2) is 0 Å². The van der Waals surface area contributed by atoms with Crippen LogP contribution in [0.5, 0.6) is 0 Å². The molecule has 3 atom stereocenters. The molecule has 4 heteroatoms. The van der Waals surface area contributed by atoms with Crippen molar-refractivity contribution in [3.05, 3.63) is 0 Å². The number of ether oxygens (including phenoxy) is 2. The number of hydrogen-bond donors (Lipinski definition) is 1. The second-order valence-electron chi connectivity index (χ2n) is 7.03. The molecule has 0 aromatic carbocycles. The highest BCUT2D eigenvalue weighted by atomic mass is 32.2. The summed E-state index contributed by atoms with van der Waals surface area (Å²) < 4.78 is 11.9. The Bertz CT molecular complexity index is 306. The second kappa shape index (κ2) is 7.67. The Labute approximate surface area is 133 Å². The van der Waals surface area contributed by atoms with Gasteiger partial charge in [0, 0.05) is 13.2 Å². The molecule has 0 aromatic heterocycles. The Hall–Kier alpha value is 0.230. The lowest BCUT2D eigenvalue weighted by molar-refractivity contribution is -0.122. The van der Waals surface area contributed by atoms with Crippen molar-refractivity contribution in [1.29, 1.82) is 0 Å². The van der Waals surface area contributed by atoms with Crippen molar-refractivity contribution in [1.82, 2.24) is 0 Å². The van der Waals surface area contributed by atoms with Crippen LogP contribution >= 0.6 is 11.8 Å². The Morgan fingerprint density at radius 3 is 2.76 bits per heavy atom. The van der Waals surface area contributed by atoms with Crippen molar-refractivity contribution < 1.29 is 14.6 Å². The summed E-state index contributed by atoms with van der Waals surface area (Å²) in [4.78, 5) is 0. The molecule has 3 aliphatic rings. The minimum atomic E-state index is -0.161. The van der Waals surface area contributed by atoms with Gasteiger partial charge in [0.15, 0.2) is 0 Å². The van der Waals surface area contributed by atoms with Gasteiger partial charge in [-0.3, -0.25) is 0 Å². The maximum absolute atomic E-state index is 10.6. The normalized spacial score (nSPS) is 34.7. The third kappa shape index (κ3) is 4.37. The van der Waals surface area contributed by atoms with E-state index in [1.54, 1.807) is 0 Å². The first-order valence-electron chi connectivity index (χ1n) is 8.79. The van der Waals surface area contributed by atoms with Crippen molar-refractivity contribution in [3.63, 3.8) is 0 Å². The van der Waals surface area contributed by atoms with Gasteiger partial charge in [0.1, 0.15) is 0 Å². The van der Waals surface area contributed by atoms with Gasteiger partial charge < -0.3 is 14.6 Å². The first kappa shape index (κ1) is 16.1. The second-order valence-corrected chi connectivity index (χ2v) is 8.25. The molecule has 1 N–H and O–H groups in total. The van der Waals surface area contributed by atoms with Gasteiger partial charge in [0.2, 0.25) is 0 Å². The third-order valence-corrected chi connectivity index (χ3v) is 6.52. The SMILES string of the molecule is OC(CCC1CCCCO1)C1CCOC2(CCSCC2)C1. The molecule has 0 aliphatic carbocycles. The third-order valence-electron chi connectivity index (χ3n) is 5.54. The predicted molar refractivity (Wildman–Crippen MR) is 86.8 cm³/mol. The van der Waals surface area contributed by atoms with Crippen LogP contribution in [0.25, 0.3) is 0 Å². The summed E-state index contributed by atoms with van der Waals surface area (Å²) in [5, 5.41) is 10.6. The van der Waals surface area contributed by atoms with Crippen LogP contribution in [-0.2, 0) is 9.47 Å². The van der Waals surface area contributed by atoms with Crippen LogP contribution < -0.4 is 0 Å². The Kier molecular flexibility index (Phi) is 5.88. The molecule has 3 aliphatic heterocycles. The highest BCUT2D eigenvalue weighted by molar-refractivity contribution is 7.99. The van der Waals surface area contributed by atoms with Gasteiger partial charge in [-0.1, -0.05) is 0 Å². The molecule has 3 saturated heterocycles. The summed E-state index contributed by atoms with van der Waals surface area (Å²) in [5.41, 5.74) is 0.0937. The van der Waals surface area contributed by atoms with Crippen LogP contribution in [0.2, 0.25) is 0 Å². The molecule has 3 heterocycles. The van der Waals surface area contributed by atoms with Gasteiger partial charge >= 0.3 is 0 Å². The van der Waals surface area contributed by atoms with Crippen molar-refractivity contribution in [2.45, 2.75) is 75.6 Å². The number of aliphatic hydroxyl groups excluding tert-OH is 1. The van der Waals surface area contributed by atoms with Gasteiger partial charge in [-0.2, -0.15) is 11.8 Å². The summed E-state index contributed by atoms with van der Waals surface area (Å²) in [7, 11) is 0. The first-order valence-corrected chi connectivity index (χ1v) is 9.94. The van der Waals surface area contributed by atoms with Crippen LogP contribution in [0.1, 0.15) is 57.8 Å². The number of aliphatic hydroxyl groups is 1. The number of hydrogen-bond acceptors (Lipinski definition) is 4. The molecule has 0 bridgehead atoms. The lowest BCUT2D eigenvalue weighted by Gasteiger charge is -2.44. The van der Waals surface area contributed by atoms with E-state index >= 15 is 0 Å². The Balaban J connectivity index is 1.46. The zero-order valence-electron chi connectivity index (χ0n) is 13.1. The zero-order chi connectivity index (χ0) is 14.5. The van der Waals surface area contributed by atoms with E-state index in [2.05, 4.69) is 0 Å². The molecule has 0 saturated carbocycles. The minimum Gasteiger partial charge on any atom is -0.393 e. The van der Waals surface area contributed by atoms with E-state index in [1.807, 2.05) is 11.8 Å². The summed E-state index contributed by atoms with van der Waals surface area (Å²) >= 11 is 2.04. The molecule has 3 rings (SSSR count). The van der Waals surface area contributed by atoms with Crippen LogP contribution in [0.15, 0.2) is 0 Å². The molecular formula is C17H30O3S. The molecule has 3 nitrogen and oxygen atoms in total. The topological polar surface area (TPSA) is 38.7 Å². The molecule has 0 aromatic rings. The smallest absolute Gasteiger partial charge is 0.0701 e. The van der Waals surface area contributed by atoms with Gasteiger partial charge in [0.05, 0.1) is 17.8 Å². The van der Waals surface area contributed by atoms with E-state index in [9.17, 15) is 5.11 Å². The highest BCUT2D eigenvalue weighted by Crippen LogP contribution is 2.41. The van der Waals surface area contributed by atoms with Crippen molar-refractivity contribution in [2.75, 3.05) is 24.7 Å². The van der Waals surface area contributed by atoms with Crippen LogP contribution in [0.4, 0.5) is 0 Å². The minimum absolute atomic E-state index is 0.0937. The summed E-state index contributed by atoms with van der Waals surface area (Å²) in [6, 6.07) is 0. The molecule has 1 spiro atoms. The van der Waals surface area contributed by atoms with Crippen molar-refractivity contribution >= 4 is 11.8 Å². The van der Waals surface area contributed by atoms with E-state index in [1.165, 1.54) is 43.6 Å². The molecule has 3 unspecified atom stereocenters. The average molecular weight is 314 g/mol. The van der Waals surface area contributed by atoms with Gasteiger partial charge in [-0.15, -0.1) is 0 Å². The monoisotopic (exact) mass is 314 g/mol. The zero-order valence-corrected chi connectivity index (χ0v) is 13.9. The standard InChI is InChI=1S/C17H30O3S/c18-16(5-4-15-3-1-2-9-19-15)14-6-10-20-17(13-14)7-11-21-12-8-17/h14-16,18H,1-13H2. The maximum atomic E-state index is 10.6. The van der Waals surface area contributed by atoms with E-state index in [0.717, 1.165) is 38.9 Å². The number of rotatable bonds is 4. The van der Waals surface area contributed by atoms with Crippen LogP contribution in [-0.4, -0.2) is 47.6 Å². The lowest BCUT2D eigenvalue weighted by atomic mass is 9.78. The first-order chi connectivity index (χ1) is 10.3. The largest absolute Gasteiger partial charge is 0.393 e. The quantitative estimate of drug-likeness (QED) is 0.863. The van der Waals surface area contributed by atoms with Crippen LogP contribution in [0.3, 0.4) is 0 Å². The lowest BCUT2D eigenvalue weighted by Crippen LogP contribution is -2.45. The maximum Gasteiger partial charge on any atom is 0.0701 e. The van der Waals surface area contributed by atoms with Crippen molar-refractivity contribution in [2.24, 2.45) is 5.92 Å². The summed E-state index contributed by atoms with van der Waals surface area (Å²) in [6.45, 7) is 1.76. The molecular weight excluding hydrogens is 284 g/mol. The fourth-order valence-electron chi connectivity index (χ4n) is 4.11. The summed E-state index contributed by atoms with van der Waals surface area (Å²) in [5.74, 6) is 2.88. The fourth-order valence-corrected chi connectivity index (χ4v) is 5.35. The van der Waals surface area contributed by atoms with E-state index in [-0.39, 0.29) is 11.7 Å². The van der Waals surface area contributed by atoms with Gasteiger partial charge in [-0.05, 0) is 75.2 Å².